The van der Waals surface area contributed by atoms with Gasteiger partial charge in [0, 0.05) is 6.26 Å². The van der Waals surface area contributed by atoms with Crippen LogP contribution in [-0.4, -0.2) is 24.6 Å². The molecule has 1 heterocycles. The summed E-state index contributed by atoms with van der Waals surface area (Å²) < 4.78 is 48.1. The molecular formula is C9H8F2N2O2S. The number of H-pyrrole nitrogens is 1. The van der Waals surface area contributed by atoms with Gasteiger partial charge in [0.15, 0.2) is 21.5 Å². The Bertz CT molecular complexity index is 649. The second-order valence-electron chi connectivity index (χ2n) is 3.51. The van der Waals surface area contributed by atoms with Crippen LogP contribution in [0.2, 0.25) is 0 Å². The van der Waals surface area contributed by atoms with Crippen molar-refractivity contribution in [3.63, 3.8) is 0 Å². The molecule has 0 saturated heterocycles. The predicted octanol–water partition coefficient (Wildman–Crippen LogP) is 1.39. The van der Waals surface area contributed by atoms with E-state index in [0.717, 1.165) is 12.3 Å². The molecule has 0 atom stereocenters. The number of rotatable bonds is 2. The van der Waals surface area contributed by atoms with Gasteiger partial charge in [-0.1, -0.05) is 0 Å². The fraction of sp³-hybridized carbons (Fsp3) is 0.222. The Kier molecular flexibility index (Phi) is 2.42. The van der Waals surface area contributed by atoms with E-state index in [1.165, 1.54) is 6.07 Å². The van der Waals surface area contributed by atoms with Crippen molar-refractivity contribution in [3.8, 4) is 0 Å². The van der Waals surface area contributed by atoms with Crippen molar-refractivity contribution in [2.24, 2.45) is 0 Å². The van der Waals surface area contributed by atoms with Crippen LogP contribution >= 0.6 is 0 Å². The fourth-order valence-corrected chi connectivity index (χ4v) is 2.02. The number of nitrogens with zero attached hydrogens (tertiary/aromatic N) is 1. The SMILES string of the molecule is CS(=O)(=O)Cc1nc2c(F)c(F)ccc2[nH]1. The highest BCUT2D eigenvalue weighted by Crippen LogP contribution is 2.18. The van der Waals surface area contributed by atoms with Crippen molar-refractivity contribution in [2.75, 3.05) is 6.26 Å². The standard InChI is InChI=1S/C9H8F2N2O2S/c1-16(14,15)4-7-12-6-3-2-5(10)8(11)9(6)13-7/h2-3H,4H2,1H3,(H,12,13). The van der Waals surface area contributed by atoms with Crippen molar-refractivity contribution in [3.05, 3.63) is 29.6 Å². The Balaban J connectivity index is 2.57. The van der Waals surface area contributed by atoms with Gasteiger partial charge in [-0.15, -0.1) is 0 Å². The lowest BCUT2D eigenvalue weighted by Gasteiger charge is -1.91. The second kappa shape index (κ2) is 3.51. The number of hydrogen-bond donors (Lipinski definition) is 1. The van der Waals surface area contributed by atoms with Crippen LogP contribution in [0.15, 0.2) is 12.1 Å². The molecule has 1 aromatic carbocycles. The molecule has 1 N–H and O–H groups in total. The van der Waals surface area contributed by atoms with Crippen molar-refractivity contribution < 1.29 is 17.2 Å². The highest BCUT2D eigenvalue weighted by molar-refractivity contribution is 7.89. The van der Waals surface area contributed by atoms with E-state index in [4.69, 9.17) is 0 Å². The quantitative estimate of drug-likeness (QED) is 0.870. The summed E-state index contributed by atoms with van der Waals surface area (Å²) in [5.41, 5.74) is 0.0937. The molecule has 0 radical (unpaired) electrons. The maximum absolute atomic E-state index is 13.2. The minimum atomic E-state index is -3.26. The Morgan fingerprint density at radius 2 is 2.06 bits per heavy atom. The monoisotopic (exact) mass is 246 g/mol. The third-order valence-electron chi connectivity index (χ3n) is 1.99. The number of nitrogens with one attached hydrogen (secondary N) is 1. The first-order valence-electron chi connectivity index (χ1n) is 4.37. The van der Waals surface area contributed by atoms with Gasteiger partial charge < -0.3 is 4.98 Å². The zero-order valence-corrected chi connectivity index (χ0v) is 9.11. The topological polar surface area (TPSA) is 62.8 Å². The first kappa shape index (κ1) is 11.0. The normalized spacial score (nSPS) is 12.2. The maximum atomic E-state index is 13.2. The van der Waals surface area contributed by atoms with Gasteiger partial charge in [0.1, 0.15) is 17.1 Å². The number of benzene rings is 1. The first-order chi connectivity index (χ1) is 7.37. The van der Waals surface area contributed by atoms with E-state index in [9.17, 15) is 17.2 Å². The number of aromatic amines is 1. The second-order valence-corrected chi connectivity index (χ2v) is 5.65. The van der Waals surface area contributed by atoms with Crippen LogP contribution in [0.4, 0.5) is 8.78 Å². The van der Waals surface area contributed by atoms with E-state index >= 15 is 0 Å². The molecule has 2 rings (SSSR count). The summed E-state index contributed by atoms with van der Waals surface area (Å²) in [5, 5.41) is 0. The van der Waals surface area contributed by atoms with E-state index in [-0.39, 0.29) is 22.6 Å². The van der Waals surface area contributed by atoms with Gasteiger partial charge in [-0.2, -0.15) is 0 Å². The number of sulfone groups is 1. The smallest absolute Gasteiger partial charge is 0.186 e. The largest absolute Gasteiger partial charge is 0.341 e. The van der Waals surface area contributed by atoms with E-state index in [2.05, 4.69) is 9.97 Å². The van der Waals surface area contributed by atoms with Crippen LogP contribution in [-0.2, 0) is 15.6 Å². The lowest BCUT2D eigenvalue weighted by Crippen LogP contribution is -2.02. The predicted molar refractivity (Wildman–Crippen MR) is 54.6 cm³/mol. The fourth-order valence-electron chi connectivity index (χ4n) is 1.39. The zero-order chi connectivity index (χ0) is 11.9. The van der Waals surface area contributed by atoms with Crippen molar-refractivity contribution >= 4 is 20.9 Å². The Labute approximate surface area is 90.2 Å². The molecule has 86 valence electrons. The molecule has 0 spiro atoms. The molecule has 2 aromatic rings. The van der Waals surface area contributed by atoms with E-state index in [1.54, 1.807) is 0 Å². The molecular weight excluding hydrogens is 238 g/mol. The van der Waals surface area contributed by atoms with Crippen LogP contribution < -0.4 is 0 Å². The Hall–Kier alpha value is -1.50. The van der Waals surface area contributed by atoms with Gasteiger partial charge in [0.2, 0.25) is 0 Å². The molecule has 0 aliphatic heterocycles. The van der Waals surface area contributed by atoms with Gasteiger partial charge in [-0.3, -0.25) is 0 Å². The average Bonchev–Trinajstić information content (AvgIpc) is 2.52. The van der Waals surface area contributed by atoms with Crippen molar-refractivity contribution in [1.82, 2.24) is 9.97 Å². The van der Waals surface area contributed by atoms with Crippen molar-refractivity contribution in [2.45, 2.75) is 5.75 Å². The molecule has 0 amide bonds. The third kappa shape index (κ3) is 2.04. The number of aromatic nitrogens is 2. The van der Waals surface area contributed by atoms with E-state index in [0.29, 0.717) is 0 Å². The number of fused-ring (bicyclic) bond motifs is 1. The Morgan fingerprint density at radius 3 is 2.69 bits per heavy atom. The molecule has 0 bridgehead atoms. The van der Waals surface area contributed by atoms with Crippen LogP contribution in [0.5, 0.6) is 0 Å². The molecule has 0 unspecified atom stereocenters. The van der Waals surface area contributed by atoms with Crippen molar-refractivity contribution in [1.29, 1.82) is 0 Å². The van der Waals surface area contributed by atoms with Gasteiger partial charge in [-0.05, 0) is 12.1 Å². The highest BCUT2D eigenvalue weighted by Gasteiger charge is 2.14. The molecule has 1 aromatic heterocycles. The molecule has 4 nitrogen and oxygen atoms in total. The molecule has 0 aliphatic rings. The third-order valence-corrected chi connectivity index (χ3v) is 2.79. The van der Waals surface area contributed by atoms with Crippen LogP contribution in [0.1, 0.15) is 5.82 Å². The van der Waals surface area contributed by atoms with Crippen LogP contribution in [0.3, 0.4) is 0 Å². The van der Waals surface area contributed by atoms with E-state index < -0.39 is 21.5 Å². The lowest BCUT2D eigenvalue weighted by atomic mass is 10.3. The lowest BCUT2D eigenvalue weighted by molar-refractivity contribution is 0.515. The summed E-state index contributed by atoms with van der Waals surface area (Å²) in [6, 6.07) is 2.27. The molecule has 0 aliphatic carbocycles. The van der Waals surface area contributed by atoms with Gasteiger partial charge in [0.25, 0.3) is 0 Å². The minimum Gasteiger partial charge on any atom is -0.341 e. The molecule has 7 heteroatoms. The molecule has 0 saturated carbocycles. The summed E-state index contributed by atoms with van der Waals surface area (Å²) in [7, 11) is -3.26. The van der Waals surface area contributed by atoms with E-state index in [1.807, 2.05) is 0 Å². The number of imidazole rings is 1. The van der Waals surface area contributed by atoms with Crippen LogP contribution in [0.25, 0.3) is 11.0 Å². The summed E-state index contributed by atoms with van der Waals surface area (Å²) in [4.78, 5) is 6.33. The summed E-state index contributed by atoms with van der Waals surface area (Å²) >= 11 is 0. The number of hydrogen-bond acceptors (Lipinski definition) is 3. The average molecular weight is 246 g/mol. The summed E-state index contributed by atoms with van der Waals surface area (Å²) in [5.74, 6) is -2.32. The van der Waals surface area contributed by atoms with Gasteiger partial charge in [-0.25, -0.2) is 22.2 Å². The summed E-state index contributed by atoms with van der Waals surface area (Å²) in [6.07, 6.45) is 1.04. The van der Waals surface area contributed by atoms with Gasteiger partial charge in [0.05, 0.1) is 5.52 Å². The van der Waals surface area contributed by atoms with Crippen LogP contribution in [0, 0.1) is 11.6 Å². The van der Waals surface area contributed by atoms with Gasteiger partial charge >= 0.3 is 0 Å². The molecule has 16 heavy (non-hydrogen) atoms. The Morgan fingerprint density at radius 1 is 1.38 bits per heavy atom. The maximum Gasteiger partial charge on any atom is 0.186 e. The molecule has 0 fully saturated rings. The minimum absolute atomic E-state index is 0.0991. The number of halogens is 2. The summed E-state index contributed by atoms with van der Waals surface area (Å²) in [6.45, 7) is 0. The highest BCUT2D eigenvalue weighted by atomic mass is 32.2. The first-order valence-corrected chi connectivity index (χ1v) is 6.43. The zero-order valence-electron chi connectivity index (χ0n) is 8.29.